The molecule has 1 aliphatic heterocycles. The van der Waals surface area contributed by atoms with Crippen LogP contribution < -0.4 is 5.14 Å². The molecule has 0 aliphatic carbocycles. The minimum absolute atomic E-state index is 0.208. The quantitative estimate of drug-likeness (QED) is 0.584. The molecule has 1 aliphatic rings. The molecule has 0 aromatic rings. The van der Waals surface area contributed by atoms with E-state index < -0.39 is 11.0 Å². The van der Waals surface area contributed by atoms with Crippen LogP contribution in [0.2, 0.25) is 0 Å². The highest BCUT2D eigenvalue weighted by atomic mass is 32.2. The zero-order chi connectivity index (χ0) is 7.40. The van der Waals surface area contributed by atoms with Crippen LogP contribution in [0.5, 0.6) is 0 Å². The van der Waals surface area contributed by atoms with Crippen molar-refractivity contribution in [2.24, 2.45) is 11.1 Å². The molecule has 0 aromatic heterocycles. The van der Waals surface area contributed by atoms with Gasteiger partial charge in [0, 0.05) is 11.7 Å². The summed E-state index contributed by atoms with van der Waals surface area (Å²) in [5.41, 5.74) is 0. The Morgan fingerprint density at radius 1 is 1.50 bits per heavy atom. The standard InChI is InChI=1S/C5H11NO3S/c6-10(7)3-5-1-8-4-9-2-5/h5H,1-4,6H2. The van der Waals surface area contributed by atoms with Crippen LogP contribution >= 0.6 is 0 Å². The van der Waals surface area contributed by atoms with Crippen molar-refractivity contribution in [3.63, 3.8) is 0 Å². The second-order valence-electron chi connectivity index (χ2n) is 2.27. The first kappa shape index (κ1) is 8.13. The van der Waals surface area contributed by atoms with Gasteiger partial charge in [0.1, 0.15) is 6.79 Å². The highest BCUT2D eigenvalue weighted by molar-refractivity contribution is 7.82. The molecule has 0 bridgehead atoms. The van der Waals surface area contributed by atoms with Crippen molar-refractivity contribution in [3.05, 3.63) is 0 Å². The van der Waals surface area contributed by atoms with E-state index in [0.29, 0.717) is 25.8 Å². The molecule has 1 fully saturated rings. The Morgan fingerprint density at radius 3 is 2.60 bits per heavy atom. The van der Waals surface area contributed by atoms with E-state index in [-0.39, 0.29) is 5.92 Å². The summed E-state index contributed by atoms with van der Waals surface area (Å²) in [6.45, 7) is 1.58. The van der Waals surface area contributed by atoms with Crippen molar-refractivity contribution in [3.8, 4) is 0 Å². The Hall–Kier alpha value is 0.0300. The molecule has 0 saturated carbocycles. The summed E-state index contributed by atoms with van der Waals surface area (Å²) in [4.78, 5) is 0. The molecule has 0 radical (unpaired) electrons. The maximum Gasteiger partial charge on any atom is 0.146 e. The third-order valence-corrected chi connectivity index (χ3v) is 2.07. The normalized spacial score (nSPS) is 24.5. The van der Waals surface area contributed by atoms with E-state index in [9.17, 15) is 4.21 Å². The van der Waals surface area contributed by atoms with E-state index in [4.69, 9.17) is 14.6 Å². The molecular weight excluding hydrogens is 154 g/mol. The molecule has 2 N–H and O–H groups in total. The molecule has 0 amide bonds. The Labute approximate surface area is 62.3 Å². The number of nitrogens with two attached hydrogens (primary N) is 1. The number of rotatable bonds is 2. The first-order valence-electron chi connectivity index (χ1n) is 3.07. The third-order valence-electron chi connectivity index (χ3n) is 1.27. The fourth-order valence-corrected chi connectivity index (χ4v) is 1.52. The first-order chi connectivity index (χ1) is 4.79. The highest BCUT2D eigenvalue weighted by Crippen LogP contribution is 2.05. The van der Waals surface area contributed by atoms with Crippen LogP contribution in [0.4, 0.5) is 0 Å². The van der Waals surface area contributed by atoms with Gasteiger partial charge in [-0.3, -0.25) is 5.14 Å². The summed E-state index contributed by atoms with van der Waals surface area (Å²) in [6, 6.07) is 0. The van der Waals surface area contributed by atoms with Gasteiger partial charge in [0.15, 0.2) is 0 Å². The topological polar surface area (TPSA) is 61.6 Å². The summed E-state index contributed by atoms with van der Waals surface area (Å²) < 4.78 is 20.4. The van der Waals surface area contributed by atoms with Crippen molar-refractivity contribution < 1.29 is 13.7 Å². The maximum absolute atomic E-state index is 10.5. The molecule has 5 heteroatoms. The van der Waals surface area contributed by atoms with E-state index >= 15 is 0 Å². The molecule has 1 heterocycles. The van der Waals surface area contributed by atoms with Gasteiger partial charge in [-0.2, -0.15) is 0 Å². The molecule has 1 atom stereocenters. The molecule has 10 heavy (non-hydrogen) atoms. The van der Waals surface area contributed by atoms with Crippen molar-refractivity contribution in [2.45, 2.75) is 0 Å². The van der Waals surface area contributed by atoms with E-state index in [1.165, 1.54) is 0 Å². The number of hydrogen-bond acceptors (Lipinski definition) is 3. The molecule has 1 saturated heterocycles. The van der Waals surface area contributed by atoms with E-state index in [2.05, 4.69) is 0 Å². The summed E-state index contributed by atoms with van der Waals surface area (Å²) in [5, 5.41) is 5.08. The van der Waals surface area contributed by atoms with Gasteiger partial charge in [-0.15, -0.1) is 0 Å². The minimum Gasteiger partial charge on any atom is -0.355 e. The zero-order valence-corrected chi connectivity index (χ0v) is 6.43. The van der Waals surface area contributed by atoms with Crippen molar-refractivity contribution in [1.82, 2.24) is 0 Å². The lowest BCUT2D eigenvalue weighted by molar-refractivity contribution is -0.120. The highest BCUT2D eigenvalue weighted by Gasteiger charge is 2.15. The third kappa shape index (κ3) is 2.74. The second-order valence-corrected chi connectivity index (χ2v) is 3.37. The lowest BCUT2D eigenvalue weighted by atomic mass is 10.2. The Bertz CT molecular complexity index is 124. The van der Waals surface area contributed by atoms with E-state index in [0.717, 1.165) is 0 Å². The van der Waals surface area contributed by atoms with Crippen LogP contribution in [0, 0.1) is 5.92 Å². The molecule has 0 aromatic carbocycles. The number of hydrogen-bond donors (Lipinski definition) is 1. The Balaban J connectivity index is 2.19. The van der Waals surface area contributed by atoms with Crippen LogP contribution in [0.15, 0.2) is 0 Å². The van der Waals surface area contributed by atoms with E-state index in [1.807, 2.05) is 0 Å². The summed E-state index contributed by atoms with van der Waals surface area (Å²) >= 11 is 0. The van der Waals surface area contributed by atoms with Gasteiger partial charge in [0.05, 0.1) is 24.2 Å². The van der Waals surface area contributed by atoms with Gasteiger partial charge in [-0.25, -0.2) is 4.21 Å². The zero-order valence-electron chi connectivity index (χ0n) is 5.62. The fourth-order valence-electron chi connectivity index (χ4n) is 0.865. The largest absolute Gasteiger partial charge is 0.355 e. The fraction of sp³-hybridized carbons (Fsp3) is 1.00. The van der Waals surface area contributed by atoms with Gasteiger partial charge in [-0.05, 0) is 0 Å². The van der Waals surface area contributed by atoms with Crippen molar-refractivity contribution >= 4 is 11.0 Å². The van der Waals surface area contributed by atoms with E-state index in [1.54, 1.807) is 0 Å². The predicted molar refractivity (Wildman–Crippen MR) is 37.5 cm³/mol. The first-order valence-corrected chi connectivity index (χ1v) is 4.45. The maximum atomic E-state index is 10.5. The molecular formula is C5H11NO3S. The van der Waals surface area contributed by atoms with Crippen LogP contribution in [0.25, 0.3) is 0 Å². The van der Waals surface area contributed by atoms with Crippen LogP contribution in [-0.4, -0.2) is 30.0 Å². The van der Waals surface area contributed by atoms with Gasteiger partial charge in [0.2, 0.25) is 0 Å². The SMILES string of the molecule is NS(=O)CC1COCOC1. The smallest absolute Gasteiger partial charge is 0.146 e. The van der Waals surface area contributed by atoms with Gasteiger partial charge in [-0.1, -0.05) is 0 Å². The van der Waals surface area contributed by atoms with Crippen LogP contribution in [0.3, 0.4) is 0 Å². The summed E-state index contributed by atoms with van der Waals surface area (Å²) in [5.74, 6) is 0.680. The van der Waals surface area contributed by atoms with Gasteiger partial charge >= 0.3 is 0 Å². The van der Waals surface area contributed by atoms with Crippen molar-refractivity contribution in [1.29, 1.82) is 0 Å². The Kier molecular flexibility index (Phi) is 3.27. The van der Waals surface area contributed by atoms with Crippen LogP contribution in [-0.2, 0) is 20.5 Å². The number of ether oxygens (including phenoxy) is 2. The average Bonchev–Trinajstić information content (AvgIpc) is 1.88. The van der Waals surface area contributed by atoms with Crippen LogP contribution in [0.1, 0.15) is 0 Å². The minimum atomic E-state index is -1.22. The van der Waals surface area contributed by atoms with Gasteiger partial charge < -0.3 is 9.47 Å². The predicted octanol–water partition coefficient (Wildman–Crippen LogP) is -0.771. The summed E-state index contributed by atoms with van der Waals surface area (Å²) in [6.07, 6.45) is 0. The molecule has 1 rings (SSSR count). The second kappa shape index (κ2) is 4.02. The molecule has 1 unspecified atom stereocenters. The molecule has 0 spiro atoms. The lowest BCUT2D eigenvalue weighted by Crippen LogP contribution is -2.30. The summed E-state index contributed by atoms with van der Waals surface area (Å²) in [7, 11) is -1.22. The Morgan fingerprint density at radius 2 is 2.10 bits per heavy atom. The molecule has 4 nitrogen and oxygen atoms in total. The van der Waals surface area contributed by atoms with Crippen molar-refractivity contribution in [2.75, 3.05) is 25.8 Å². The van der Waals surface area contributed by atoms with Gasteiger partial charge in [0.25, 0.3) is 0 Å². The lowest BCUT2D eigenvalue weighted by Gasteiger charge is -2.20. The average molecular weight is 165 g/mol. The monoisotopic (exact) mass is 165 g/mol. The molecule has 60 valence electrons.